The van der Waals surface area contributed by atoms with Gasteiger partial charge in [0.1, 0.15) is 0 Å². The third-order valence-corrected chi connectivity index (χ3v) is 3.70. The molecule has 3 heteroatoms. The second kappa shape index (κ2) is 6.71. The summed E-state index contributed by atoms with van der Waals surface area (Å²) in [6.07, 6.45) is 4.99. The summed E-state index contributed by atoms with van der Waals surface area (Å²) in [4.78, 5) is 11.8. The van der Waals surface area contributed by atoms with Crippen LogP contribution in [0.25, 0.3) is 0 Å². The SMILES string of the molecule is CC(CC1CC1)NC(=O)CCC(N)c1ccccc1. The quantitative estimate of drug-likeness (QED) is 0.792. The highest BCUT2D eigenvalue weighted by atomic mass is 16.1. The maximum absolute atomic E-state index is 11.8. The lowest BCUT2D eigenvalue weighted by atomic mass is 10.0. The highest BCUT2D eigenvalue weighted by molar-refractivity contribution is 5.76. The van der Waals surface area contributed by atoms with Crippen LogP contribution >= 0.6 is 0 Å². The Kier molecular flexibility index (Phi) is 4.97. The fraction of sp³-hybridized carbons (Fsp3) is 0.562. The van der Waals surface area contributed by atoms with E-state index >= 15 is 0 Å². The van der Waals surface area contributed by atoms with E-state index < -0.39 is 0 Å². The van der Waals surface area contributed by atoms with Gasteiger partial charge in [0.15, 0.2) is 0 Å². The maximum atomic E-state index is 11.8. The summed E-state index contributed by atoms with van der Waals surface area (Å²) < 4.78 is 0. The Hall–Kier alpha value is -1.35. The molecule has 0 aromatic heterocycles. The van der Waals surface area contributed by atoms with Crippen molar-refractivity contribution < 1.29 is 4.79 Å². The molecule has 0 spiro atoms. The average Bonchev–Trinajstić information content (AvgIpc) is 3.20. The number of carbonyl (C=O) groups excluding carboxylic acids is 1. The van der Waals surface area contributed by atoms with E-state index in [2.05, 4.69) is 12.2 Å². The van der Waals surface area contributed by atoms with E-state index in [0.29, 0.717) is 18.9 Å². The number of amides is 1. The van der Waals surface area contributed by atoms with E-state index in [-0.39, 0.29) is 11.9 Å². The van der Waals surface area contributed by atoms with Gasteiger partial charge in [-0.2, -0.15) is 0 Å². The van der Waals surface area contributed by atoms with Crippen molar-refractivity contribution in [2.45, 2.75) is 51.1 Å². The third kappa shape index (κ3) is 5.03. The normalized spacial score (nSPS) is 17.8. The molecule has 3 nitrogen and oxygen atoms in total. The fourth-order valence-electron chi connectivity index (χ4n) is 2.41. The van der Waals surface area contributed by atoms with E-state index in [1.165, 1.54) is 12.8 Å². The van der Waals surface area contributed by atoms with Gasteiger partial charge in [0.2, 0.25) is 5.91 Å². The summed E-state index contributed by atoms with van der Waals surface area (Å²) >= 11 is 0. The van der Waals surface area contributed by atoms with Gasteiger partial charge in [-0.25, -0.2) is 0 Å². The second-order valence-corrected chi connectivity index (χ2v) is 5.70. The Morgan fingerprint density at radius 3 is 2.68 bits per heavy atom. The average molecular weight is 260 g/mol. The zero-order valence-electron chi connectivity index (χ0n) is 11.6. The molecule has 1 aromatic carbocycles. The lowest BCUT2D eigenvalue weighted by Crippen LogP contribution is -2.33. The molecule has 1 amide bonds. The van der Waals surface area contributed by atoms with E-state index in [9.17, 15) is 4.79 Å². The third-order valence-electron chi connectivity index (χ3n) is 3.70. The highest BCUT2D eigenvalue weighted by Crippen LogP contribution is 2.33. The Bertz CT molecular complexity index is 400. The van der Waals surface area contributed by atoms with Crippen LogP contribution in [0.15, 0.2) is 30.3 Å². The lowest BCUT2D eigenvalue weighted by molar-refractivity contribution is -0.121. The number of nitrogens with one attached hydrogen (secondary N) is 1. The summed E-state index contributed by atoms with van der Waals surface area (Å²) in [5.41, 5.74) is 7.18. The van der Waals surface area contributed by atoms with Crippen LogP contribution < -0.4 is 11.1 Å². The Morgan fingerprint density at radius 1 is 1.37 bits per heavy atom. The van der Waals surface area contributed by atoms with Crippen LogP contribution in [0, 0.1) is 5.92 Å². The first kappa shape index (κ1) is 14.1. The molecular formula is C16H24N2O. The largest absolute Gasteiger partial charge is 0.354 e. The van der Waals surface area contributed by atoms with Crippen molar-refractivity contribution in [2.24, 2.45) is 11.7 Å². The Morgan fingerprint density at radius 2 is 2.05 bits per heavy atom. The van der Waals surface area contributed by atoms with Gasteiger partial charge in [0, 0.05) is 18.5 Å². The number of benzene rings is 1. The Labute approximate surface area is 115 Å². The molecular weight excluding hydrogens is 236 g/mol. The summed E-state index contributed by atoms with van der Waals surface area (Å²) in [5.74, 6) is 0.974. The smallest absolute Gasteiger partial charge is 0.220 e. The summed E-state index contributed by atoms with van der Waals surface area (Å²) in [6, 6.07) is 10.2. The number of nitrogens with two attached hydrogens (primary N) is 1. The predicted octanol–water partition coefficient (Wildman–Crippen LogP) is 2.77. The first-order chi connectivity index (χ1) is 9.15. The molecule has 1 saturated carbocycles. The first-order valence-electron chi connectivity index (χ1n) is 7.25. The van der Waals surface area contributed by atoms with Crippen molar-refractivity contribution in [3.63, 3.8) is 0 Å². The second-order valence-electron chi connectivity index (χ2n) is 5.70. The highest BCUT2D eigenvalue weighted by Gasteiger charge is 2.24. The van der Waals surface area contributed by atoms with Crippen molar-refractivity contribution in [3.05, 3.63) is 35.9 Å². The molecule has 0 radical (unpaired) electrons. The number of hydrogen-bond acceptors (Lipinski definition) is 2. The monoisotopic (exact) mass is 260 g/mol. The maximum Gasteiger partial charge on any atom is 0.220 e. The van der Waals surface area contributed by atoms with Crippen molar-refractivity contribution >= 4 is 5.91 Å². The topological polar surface area (TPSA) is 55.1 Å². The number of carbonyl (C=O) groups is 1. The van der Waals surface area contributed by atoms with Crippen LogP contribution in [-0.4, -0.2) is 11.9 Å². The molecule has 3 N–H and O–H groups in total. The van der Waals surface area contributed by atoms with Crippen molar-refractivity contribution in [2.75, 3.05) is 0 Å². The molecule has 2 atom stereocenters. The van der Waals surface area contributed by atoms with Crippen LogP contribution in [-0.2, 0) is 4.79 Å². The summed E-state index contributed by atoms with van der Waals surface area (Å²) in [6.45, 7) is 2.09. The molecule has 1 aliphatic carbocycles. The van der Waals surface area contributed by atoms with Crippen LogP contribution in [0.1, 0.15) is 50.6 Å². The van der Waals surface area contributed by atoms with Gasteiger partial charge in [0.05, 0.1) is 0 Å². The van der Waals surface area contributed by atoms with Gasteiger partial charge < -0.3 is 11.1 Å². The summed E-state index contributed by atoms with van der Waals surface area (Å²) in [7, 11) is 0. The molecule has 0 saturated heterocycles. The standard InChI is InChI=1S/C16H24N2O/c1-12(11-13-7-8-13)18-16(19)10-9-15(17)14-5-3-2-4-6-14/h2-6,12-13,15H,7-11,17H2,1H3,(H,18,19). The minimum Gasteiger partial charge on any atom is -0.354 e. The summed E-state index contributed by atoms with van der Waals surface area (Å²) in [5, 5.41) is 3.06. The molecule has 1 fully saturated rings. The molecule has 0 aliphatic heterocycles. The zero-order valence-corrected chi connectivity index (χ0v) is 11.6. The van der Waals surface area contributed by atoms with Gasteiger partial charge in [-0.05, 0) is 31.2 Å². The molecule has 1 aromatic rings. The Balaban J connectivity index is 1.67. The number of hydrogen-bond donors (Lipinski definition) is 2. The molecule has 1 aliphatic rings. The van der Waals surface area contributed by atoms with Crippen LogP contribution in [0.5, 0.6) is 0 Å². The molecule has 19 heavy (non-hydrogen) atoms. The van der Waals surface area contributed by atoms with Crippen LogP contribution in [0.3, 0.4) is 0 Å². The zero-order chi connectivity index (χ0) is 13.7. The minimum absolute atomic E-state index is 0.0503. The lowest BCUT2D eigenvalue weighted by Gasteiger charge is -2.15. The van der Waals surface area contributed by atoms with E-state index in [0.717, 1.165) is 17.9 Å². The van der Waals surface area contributed by atoms with Crippen molar-refractivity contribution in [1.29, 1.82) is 0 Å². The van der Waals surface area contributed by atoms with Gasteiger partial charge in [-0.3, -0.25) is 4.79 Å². The van der Waals surface area contributed by atoms with Crippen LogP contribution in [0.4, 0.5) is 0 Å². The molecule has 0 bridgehead atoms. The van der Waals surface area contributed by atoms with E-state index in [1.807, 2.05) is 30.3 Å². The molecule has 2 rings (SSSR count). The van der Waals surface area contributed by atoms with Gasteiger partial charge >= 0.3 is 0 Å². The molecule has 0 heterocycles. The predicted molar refractivity (Wildman–Crippen MR) is 77.6 cm³/mol. The molecule has 2 unspecified atom stereocenters. The minimum atomic E-state index is -0.0503. The first-order valence-corrected chi connectivity index (χ1v) is 7.25. The fourth-order valence-corrected chi connectivity index (χ4v) is 2.41. The van der Waals surface area contributed by atoms with Gasteiger partial charge in [0.25, 0.3) is 0 Å². The van der Waals surface area contributed by atoms with E-state index in [4.69, 9.17) is 5.73 Å². The number of rotatable bonds is 7. The van der Waals surface area contributed by atoms with Gasteiger partial charge in [-0.15, -0.1) is 0 Å². The van der Waals surface area contributed by atoms with Crippen molar-refractivity contribution in [1.82, 2.24) is 5.32 Å². The van der Waals surface area contributed by atoms with Crippen molar-refractivity contribution in [3.8, 4) is 0 Å². The van der Waals surface area contributed by atoms with Gasteiger partial charge in [-0.1, -0.05) is 43.2 Å². The molecule has 104 valence electrons. The van der Waals surface area contributed by atoms with Crippen LogP contribution in [0.2, 0.25) is 0 Å². The van der Waals surface area contributed by atoms with E-state index in [1.54, 1.807) is 0 Å².